The summed E-state index contributed by atoms with van der Waals surface area (Å²) >= 11 is 0. The van der Waals surface area contributed by atoms with Crippen LogP contribution in [-0.2, 0) is 4.74 Å². The highest BCUT2D eigenvalue weighted by molar-refractivity contribution is 5.91. The van der Waals surface area contributed by atoms with Crippen LogP contribution in [0.1, 0.15) is 24.4 Å². The third-order valence-corrected chi connectivity index (χ3v) is 3.76. The van der Waals surface area contributed by atoms with Gasteiger partial charge in [-0.1, -0.05) is 53.7 Å². The van der Waals surface area contributed by atoms with Crippen molar-refractivity contribution >= 4 is 11.8 Å². The first kappa shape index (κ1) is 16.7. The van der Waals surface area contributed by atoms with Crippen LogP contribution in [0.4, 0.5) is 14.9 Å². The largest absolute Gasteiger partial charge is 0.441 e. The van der Waals surface area contributed by atoms with Crippen LogP contribution >= 0.6 is 0 Å². The maximum atomic E-state index is 13.8. The summed E-state index contributed by atoms with van der Waals surface area (Å²) in [5.74, 6) is 0.0308. The molecule has 128 valence electrons. The number of ether oxygens (including phenoxy) is 1. The fraction of sp³-hybridized carbons (Fsp3) is 0.158. The van der Waals surface area contributed by atoms with Gasteiger partial charge < -0.3 is 9.26 Å². The van der Waals surface area contributed by atoms with Crippen LogP contribution in [-0.4, -0.2) is 11.2 Å². The number of carbonyl (C=O) groups excluding carboxylic acids is 1. The second-order valence-corrected chi connectivity index (χ2v) is 5.52. The second-order valence-electron chi connectivity index (χ2n) is 5.52. The van der Waals surface area contributed by atoms with Crippen molar-refractivity contribution in [2.45, 2.75) is 20.0 Å². The Kier molecular flexibility index (Phi) is 4.79. The monoisotopic (exact) mass is 340 g/mol. The molecule has 0 fully saturated rings. The van der Waals surface area contributed by atoms with Gasteiger partial charge in [0.2, 0.25) is 0 Å². The molecule has 0 radical (unpaired) electrons. The number of nitrogens with zero attached hydrogens (tertiary/aromatic N) is 1. The first-order valence-electron chi connectivity index (χ1n) is 7.80. The van der Waals surface area contributed by atoms with Crippen molar-refractivity contribution in [1.82, 2.24) is 5.16 Å². The Bertz CT molecular complexity index is 877. The molecule has 5 nitrogen and oxygen atoms in total. The Morgan fingerprint density at radius 2 is 1.84 bits per heavy atom. The van der Waals surface area contributed by atoms with Crippen LogP contribution in [0.2, 0.25) is 0 Å². The number of hydrogen-bond donors (Lipinski definition) is 1. The van der Waals surface area contributed by atoms with Gasteiger partial charge in [-0.2, -0.15) is 0 Å². The lowest BCUT2D eigenvalue weighted by Gasteiger charge is -2.15. The molecular formula is C19H17FN2O3. The number of nitrogens with one attached hydrogen (secondary N) is 1. The van der Waals surface area contributed by atoms with Gasteiger partial charge in [0.25, 0.3) is 0 Å². The Hall–Kier alpha value is -3.15. The predicted octanol–water partition coefficient (Wildman–Crippen LogP) is 5.10. The highest BCUT2D eigenvalue weighted by Crippen LogP contribution is 2.30. The normalized spacial score (nSPS) is 11.8. The molecule has 1 N–H and O–H groups in total. The molecule has 3 aromatic rings. The summed E-state index contributed by atoms with van der Waals surface area (Å²) in [4.78, 5) is 12.2. The molecule has 1 amide bonds. The zero-order valence-corrected chi connectivity index (χ0v) is 13.8. The fourth-order valence-corrected chi connectivity index (χ4v) is 2.47. The van der Waals surface area contributed by atoms with Gasteiger partial charge in [-0.3, -0.25) is 5.32 Å². The van der Waals surface area contributed by atoms with E-state index in [4.69, 9.17) is 9.26 Å². The molecule has 6 heteroatoms. The molecule has 1 aromatic heterocycles. The third-order valence-electron chi connectivity index (χ3n) is 3.76. The number of rotatable bonds is 4. The zero-order chi connectivity index (χ0) is 17.8. The number of aromatic nitrogens is 1. The Morgan fingerprint density at radius 3 is 2.56 bits per heavy atom. The number of aryl methyl sites for hydroxylation is 1. The second kappa shape index (κ2) is 7.17. The molecule has 0 saturated carbocycles. The lowest BCUT2D eigenvalue weighted by atomic mass is 10.1. The SMILES string of the molecule is Cc1onc(-c2ccccc2)c1NC(=O)OC(C)c1ccccc1F. The van der Waals surface area contributed by atoms with Crippen LogP contribution in [0.5, 0.6) is 0 Å². The van der Waals surface area contributed by atoms with E-state index in [1.807, 2.05) is 30.3 Å². The number of halogens is 1. The topological polar surface area (TPSA) is 64.4 Å². The van der Waals surface area contributed by atoms with Crippen molar-refractivity contribution in [2.24, 2.45) is 0 Å². The van der Waals surface area contributed by atoms with Gasteiger partial charge in [0.1, 0.15) is 23.3 Å². The number of anilines is 1. The third kappa shape index (κ3) is 3.68. The molecule has 0 aliphatic carbocycles. The summed E-state index contributed by atoms with van der Waals surface area (Å²) in [7, 11) is 0. The maximum Gasteiger partial charge on any atom is 0.412 e. The quantitative estimate of drug-likeness (QED) is 0.718. The van der Waals surface area contributed by atoms with Crippen molar-refractivity contribution in [2.75, 3.05) is 5.32 Å². The molecule has 0 aliphatic rings. The van der Waals surface area contributed by atoms with Gasteiger partial charge in [0.15, 0.2) is 5.76 Å². The molecule has 2 aromatic carbocycles. The van der Waals surface area contributed by atoms with Gasteiger partial charge >= 0.3 is 6.09 Å². The molecule has 1 atom stereocenters. The lowest BCUT2D eigenvalue weighted by Crippen LogP contribution is -2.17. The van der Waals surface area contributed by atoms with Crippen LogP contribution in [0.25, 0.3) is 11.3 Å². The van der Waals surface area contributed by atoms with E-state index in [2.05, 4.69) is 10.5 Å². The average Bonchev–Trinajstić information content (AvgIpc) is 2.96. The minimum atomic E-state index is -0.735. The fourth-order valence-electron chi connectivity index (χ4n) is 2.47. The van der Waals surface area contributed by atoms with Crippen molar-refractivity contribution in [3.8, 4) is 11.3 Å². The average molecular weight is 340 g/mol. The van der Waals surface area contributed by atoms with Gasteiger partial charge in [-0.15, -0.1) is 0 Å². The molecule has 0 aliphatic heterocycles. The molecule has 1 heterocycles. The minimum Gasteiger partial charge on any atom is -0.441 e. The number of hydrogen-bond acceptors (Lipinski definition) is 4. The standard InChI is InChI=1S/C19H17FN2O3/c1-12(15-10-6-7-11-16(15)20)24-19(23)21-17-13(2)25-22-18(17)14-8-4-3-5-9-14/h3-12H,1-2H3,(H,21,23). The van der Waals surface area contributed by atoms with Crippen molar-refractivity contribution < 1.29 is 18.4 Å². The van der Waals surface area contributed by atoms with Crippen molar-refractivity contribution in [3.63, 3.8) is 0 Å². The molecule has 1 unspecified atom stereocenters. The van der Waals surface area contributed by atoms with Crippen LogP contribution in [0.3, 0.4) is 0 Å². The van der Waals surface area contributed by atoms with E-state index in [1.54, 1.807) is 32.0 Å². The highest BCUT2D eigenvalue weighted by Gasteiger charge is 2.20. The van der Waals surface area contributed by atoms with Crippen LogP contribution < -0.4 is 5.32 Å². The molecule has 0 saturated heterocycles. The van der Waals surface area contributed by atoms with E-state index >= 15 is 0 Å². The van der Waals surface area contributed by atoms with Crippen molar-refractivity contribution in [1.29, 1.82) is 0 Å². The summed E-state index contributed by atoms with van der Waals surface area (Å²) in [6.45, 7) is 3.30. The number of amides is 1. The minimum absolute atomic E-state index is 0.308. The van der Waals surface area contributed by atoms with Gasteiger partial charge in [0.05, 0.1) is 0 Å². The number of benzene rings is 2. The first-order chi connectivity index (χ1) is 12.1. The molecule has 25 heavy (non-hydrogen) atoms. The van der Waals surface area contributed by atoms with E-state index < -0.39 is 18.0 Å². The summed E-state index contributed by atoms with van der Waals surface area (Å²) in [6.07, 6.45) is -1.44. The first-order valence-corrected chi connectivity index (χ1v) is 7.80. The summed E-state index contributed by atoms with van der Waals surface area (Å²) in [6, 6.07) is 15.5. The predicted molar refractivity (Wildman–Crippen MR) is 91.6 cm³/mol. The van der Waals surface area contributed by atoms with Crippen molar-refractivity contribution in [3.05, 3.63) is 71.7 Å². The summed E-state index contributed by atoms with van der Waals surface area (Å²) in [5.41, 5.74) is 2.05. The Labute approximate surface area is 144 Å². The Morgan fingerprint density at radius 1 is 1.16 bits per heavy atom. The van der Waals surface area contributed by atoms with Crippen LogP contribution in [0, 0.1) is 12.7 Å². The van der Waals surface area contributed by atoms with E-state index in [-0.39, 0.29) is 0 Å². The number of carbonyl (C=O) groups is 1. The van der Waals surface area contributed by atoms with Crippen LogP contribution in [0.15, 0.2) is 59.1 Å². The molecule has 0 spiro atoms. The van der Waals surface area contributed by atoms with E-state index in [0.29, 0.717) is 22.7 Å². The molecule has 3 rings (SSSR count). The van der Waals surface area contributed by atoms with Gasteiger partial charge in [0, 0.05) is 11.1 Å². The van der Waals surface area contributed by atoms with E-state index in [0.717, 1.165) is 5.56 Å². The molecule has 0 bridgehead atoms. The smallest absolute Gasteiger partial charge is 0.412 e. The lowest BCUT2D eigenvalue weighted by molar-refractivity contribution is 0.119. The summed E-state index contributed by atoms with van der Waals surface area (Å²) in [5, 5.41) is 6.62. The Balaban J connectivity index is 1.76. The zero-order valence-electron chi connectivity index (χ0n) is 13.8. The van der Waals surface area contributed by atoms with Gasteiger partial charge in [-0.25, -0.2) is 9.18 Å². The summed E-state index contributed by atoms with van der Waals surface area (Å²) < 4.78 is 24.2. The molecular weight excluding hydrogens is 323 g/mol. The highest BCUT2D eigenvalue weighted by atomic mass is 19.1. The van der Waals surface area contributed by atoms with E-state index in [9.17, 15) is 9.18 Å². The van der Waals surface area contributed by atoms with Gasteiger partial charge in [-0.05, 0) is 19.9 Å². The maximum absolute atomic E-state index is 13.8. The van der Waals surface area contributed by atoms with E-state index in [1.165, 1.54) is 6.07 Å².